The fourth-order valence-electron chi connectivity index (χ4n) is 5.11. The van der Waals surface area contributed by atoms with Crippen molar-refractivity contribution in [3.05, 3.63) is 100 Å². The Balaban J connectivity index is 1.62. The van der Waals surface area contributed by atoms with Crippen LogP contribution in [-0.4, -0.2) is 30.8 Å². The van der Waals surface area contributed by atoms with Gasteiger partial charge in [-0.2, -0.15) is 5.10 Å². The first-order chi connectivity index (χ1) is 17.1. The van der Waals surface area contributed by atoms with Crippen LogP contribution in [0.25, 0.3) is 6.08 Å². The van der Waals surface area contributed by atoms with Gasteiger partial charge in [-0.25, -0.2) is 5.01 Å². The molecule has 3 aromatic carbocycles. The molecular formula is C29H27ClN2O3. The molecular weight excluding hydrogens is 460 g/mol. The highest BCUT2D eigenvalue weighted by Gasteiger charge is 2.45. The molecule has 2 atom stereocenters. The van der Waals surface area contributed by atoms with Crippen LogP contribution < -0.4 is 9.47 Å². The van der Waals surface area contributed by atoms with E-state index in [2.05, 4.69) is 6.08 Å². The van der Waals surface area contributed by atoms with E-state index < -0.39 is 0 Å². The summed E-state index contributed by atoms with van der Waals surface area (Å²) in [5.41, 5.74) is 4.55. The number of carbonyl (C=O) groups excluding carboxylic acids is 1. The summed E-state index contributed by atoms with van der Waals surface area (Å²) in [5.74, 6) is 1.44. The van der Waals surface area contributed by atoms with Crippen molar-refractivity contribution in [2.45, 2.75) is 25.3 Å². The molecule has 1 aliphatic heterocycles. The minimum atomic E-state index is -0.269. The number of para-hydroxylation sites is 2. The summed E-state index contributed by atoms with van der Waals surface area (Å²) in [4.78, 5) is 13.8. The quantitative estimate of drug-likeness (QED) is 0.398. The molecule has 3 aromatic rings. The molecule has 1 amide bonds. The predicted octanol–water partition coefficient (Wildman–Crippen LogP) is 6.79. The van der Waals surface area contributed by atoms with Gasteiger partial charge in [0, 0.05) is 27.6 Å². The largest absolute Gasteiger partial charge is 0.496 e. The van der Waals surface area contributed by atoms with Crippen LogP contribution in [0.3, 0.4) is 0 Å². The van der Waals surface area contributed by atoms with Crippen LogP contribution >= 0.6 is 11.6 Å². The van der Waals surface area contributed by atoms with Crippen molar-refractivity contribution in [1.29, 1.82) is 0 Å². The zero-order valence-electron chi connectivity index (χ0n) is 19.8. The van der Waals surface area contributed by atoms with E-state index in [0.717, 1.165) is 53.2 Å². The van der Waals surface area contributed by atoms with Crippen LogP contribution in [0.4, 0.5) is 0 Å². The van der Waals surface area contributed by atoms with Crippen molar-refractivity contribution in [1.82, 2.24) is 5.01 Å². The van der Waals surface area contributed by atoms with Crippen LogP contribution in [0.5, 0.6) is 11.5 Å². The van der Waals surface area contributed by atoms with Crippen LogP contribution in [0.15, 0.2) is 83.5 Å². The molecule has 0 spiro atoms. The molecule has 35 heavy (non-hydrogen) atoms. The molecule has 6 heteroatoms. The summed E-state index contributed by atoms with van der Waals surface area (Å²) in [6.07, 6.45) is 4.99. The molecule has 0 N–H and O–H groups in total. The first-order valence-electron chi connectivity index (χ1n) is 11.7. The third kappa shape index (κ3) is 4.44. The molecule has 1 saturated carbocycles. The van der Waals surface area contributed by atoms with Gasteiger partial charge in [0.05, 0.1) is 26.0 Å². The number of benzene rings is 3. The summed E-state index contributed by atoms with van der Waals surface area (Å²) in [5, 5.41) is 7.12. The average Bonchev–Trinajstić information content (AvgIpc) is 3.29. The second kappa shape index (κ2) is 9.96. The summed E-state index contributed by atoms with van der Waals surface area (Å²) in [6.45, 7) is 0. The van der Waals surface area contributed by atoms with E-state index >= 15 is 0 Å². The highest BCUT2D eigenvalue weighted by Crippen LogP contribution is 2.47. The Kier molecular flexibility index (Phi) is 6.60. The van der Waals surface area contributed by atoms with Gasteiger partial charge in [0.1, 0.15) is 11.5 Å². The van der Waals surface area contributed by atoms with Crippen LogP contribution in [0, 0.1) is 5.92 Å². The SMILES string of the molecule is COc1ccccc1/C=C1/CCCC2C1=NN(C(=O)c1cccc(Cl)c1)C2c1ccccc1OC. The average molecular weight is 487 g/mol. The Morgan fingerprint density at radius 1 is 1.00 bits per heavy atom. The van der Waals surface area contributed by atoms with Gasteiger partial charge in [-0.05, 0) is 61.2 Å². The van der Waals surface area contributed by atoms with E-state index in [1.54, 1.807) is 43.5 Å². The Morgan fingerprint density at radius 3 is 2.51 bits per heavy atom. The Labute approximate surface area is 210 Å². The minimum absolute atomic E-state index is 0.0594. The number of nitrogens with zero attached hydrogens (tertiary/aromatic N) is 2. The summed E-state index contributed by atoms with van der Waals surface area (Å²) >= 11 is 6.21. The molecule has 2 unspecified atom stereocenters. The fourth-order valence-corrected chi connectivity index (χ4v) is 5.30. The molecule has 0 aromatic heterocycles. The third-order valence-corrected chi connectivity index (χ3v) is 6.94. The lowest BCUT2D eigenvalue weighted by atomic mass is 9.77. The second-order valence-corrected chi connectivity index (χ2v) is 9.18. The predicted molar refractivity (Wildman–Crippen MR) is 139 cm³/mol. The molecule has 1 fully saturated rings. The zero-order valence-corrected chi connectivity index (χ0v) is 20.5. The third-order valence-electron chi connectivity index (χ3n) is 6.71. The van der Waals surface area contributed by atoms with E-state index in [9.17, 15) is 4.79 Å². The Hall–Kier alpha value is -3.57. The van der Waals surface area contributed by atoms with Gasteiger partial charge in [0.15, 0.2) is 0 Å². The maximum atomic E-state index is 13.8. The lowest BCUT2D eigenvalue weighted by Crippen LogP contribution is -2.32. The smallest absolute Gasteiger partial charge is 0.274 e. The monoisotopic (exact) mass is 486 g/mol. The maximum absolute atomic E-state index is 13.8. The van der Waals surface area contributed by atoms with Crippen molar-refractivity contribution >= 4 is 29.3 Å². The van der Waals surface area contributed by atoms with Crippen molar-refractivity contribution in [2.24, 2.45) is 11.0 Å². The number of halogens is 1. The Morgan fingerprint density at radius 2 is 1.74 bits per heavy atom. The second-order valence-electron chi connectivity index (χ2n) is 8.74. The lowest BCUT2D eigenvalue weighted by molar-refractivity contribution is 0.0678. The molecule has 178 valence electrons. The highest BCUT2D eigenvalue weighted by molar-refractivity contribution is 6.31. The molecule has 1 heterocycles. The van der Waals surface area contributed by atoms with Gasteiger partial charge >= 0.3 is 0 Å². The van der Waals surface area contributed by atoms with Gasteiger partial charge in [0.2, 0.25) is 0 Å². The van der Waals surface area contributed by atoms with Gasteiger partial charge in [-0.1, -0.05) is 54.1 Å². The topological polar surface area (TPSA) is 51.1 Å². The number of allylic oxidation sites excluding steroid dienone is 1. The van der Waals surface area contributed by atoms with E-state index in [0.29, 0.717) is 10.6 Å². The summed E-state index contributed by atoms with van der Waals surface area (Å²) in [7, 11) is 3.34. The van der Waals surface area contributed by atoms with Crippen molar-refractivity contribution in [2.75, 3.05) is 14.2 Å². The van der Waals surface area contributed by atoms with Crippen molar-refractivity contribution in [3.63, 3.8) is 0 Å². The van der Waals surface area contributed by atoms with Crippen molar-refractivity contribution < 1.29 is 14.3 Å². The number of hydrogen-bond acceptors (Lipinski definition) is 4. The van der Waals surface area contributed by atoms with Crippen LogP contribution in [0.1, 0.15) is 46.8 Å². The number of methoxy groups -OCH3 is 2. The molecule has 0 radical (unpaired) electrons. The number of rotatable bonds is 5. The van der Waals surface area contributed by atoms with Gasteiger partial charge in [-0.15, -0.1) is 0 Å². The molecule has 0 bridgehead atoms. The first-order valence-corrected chi connectivity index (χ1v) is 12.1. The summed E-state index contributed by atoms with van der Waals surface area (Å²) < 4.78 is 11.3. The molecule has 2 aliphatic rings. The van der Waals surface area contributed by atoms with Gasteiger partial charge in [-0.3, -0.25) is 4.79 Å². The number of hydrazone groups is 1. The van der Waals surface area contributed by atoms with E-state index in [-0.39, 0.29) is 17.9 Å². The van der Waals surface area contributed by atoms with E-state index in [4.69, 9.17) is 26.2 Å². The van der Waals surface area contributed by atoms with Crippen LogP contribution in [0.2, 0.25) is 5.02 Å². The molecule has 0 saturated heterocycles. The zero-order chi connectivity index (χ0) is 24.4. The van der Waals surface area contributed by atoms with Crippen molar-refractivity contribution in [3.8, 4) is 11.5 Å². The number of carbonyl (C=O) groups is 1. The Bertz CT molecular complexity index is 1320. The number of amides is 1. The fraction of sp³-hybridized carbons (Fsp3) is 0.241. The molecule has 5 nitrogen and oxygen atoms in total. The lowest BCUT2D eigenvalue weighted by Gasteiger charge is -2.30. The minimum Gasteiger partial charge on any atom is -0.496 e. The first kappa shape index (κ1) is 23.2. The number of ether oxygens (including phenoxy) is 2. The van der Waals surface area contributed by atoms with Crippen LogP contribution in [-0.2, 0) is 0 Å². The number of hydrogen-bond donors (Lipinski definition) is 0. The van der Waals surface area contributed by atoms with Gasteiger partial charge in [0.25, 0.3) is 5.91 Å². The molecule has 5 rings (SSSR count). The maximum Gasteiger partial charge on any atom is 0.274 e. The standard InChI is InChI=1S/C29H27ClN2O3/c1-34-25-15-5-3-9-19(25)17-20-10-8-14-24-27(20)31-32(29(33)21-11-7-12-22(30)18-21)28(24)23-13-4-6-16-26(23)35-2/h3-7,9,11-13,15-18,24,28H,8,10,14H2,1-2H3/b20-17-. The van der Waals surface area contributed by atoms with E-state index in [1.807, 2.05) is 48.5 Å². The van der Waals surface area contributed by atoms with E-state index in [1.165, 1.54) is 0 Å². The normalized spacial score (nSPS) is 20.4. The number of fused-ring (bicyclic) bond motifs is 1. The summed E-state index contributed by atoms with van der Waals surface area (Å²) in [6, 6.07) is 22.6. The highest BCUT2D eigenvalue weighted by atomic mass is 35.5. The molecule has 1 aliphatic carbocycles. The van der Waals surface area contributed by atoms with Gasteiger partial charge < -0.3 is 9.47 Å².